The first-order valence-electron chi connectivity index (χ1n) is 8.49. The molecule has 0 unspecified atom stereocenters. The standard InChI is InChI=1S/C16H31N3O.ClH/c17-11-7-8-15(20)18-14-16(9-3-1-4-10-16)19-12-5-2-6-13-19;/h1-14,17H2,(H,18,20);1H. The number of hydrogen-bond acceptors (Lipinski definition) is 3. The smallest absolute Gasteiger partial charge is 0.220 e. The fraction of sp³-hybridized carbons (Fsp3) is 0.938. The maximum Gasteiger partial charge on any atom is 0.220 e. The third kappa shape index (κ3) is 5.42. The highest BCUT2D eigenvalue weighted by molar-refractivity contribution is 5.85. The molecule has 1 amide bonds. The van der Waals surface area contributed by atoms with Gasteiger partial charge in [0.25, 0.3) is 0 Å². The number of hydrogen-bond donors (Lipinski definition) is 2. The number of nitrogens with one attached hydrogen (secondary N) is 1. The Morgan fingerprint density at radius 3 is 2.29 bits per heavy atom. The highest BCUT2D eigenvalue weighted by Gasteiger charge is 2.38. The van der Waals surface area contributed by atoms with Gasteiger partial charge in [0.15, 0.2) is 0 Å². The summed E-state index contributed by atoms with van der Waals surface area (Å²) in [5.74, 6) is 0.178. The SMILES string of the molecule is Cl.NCCCC(=O)NCC1(N2CCCCC2)CCCCC1. The molecule has 1 aliphatic carbocycles. The zero-order chi connectivity index (χ0) is 14.3. The molecule has 5 heteroatoms. The minimum absolute atomic E-state index is 0. The van der Waals surface area contributed by atoms with Crippen LogP contribution in [0.25, 0.3) is 0 Å². The molecule has 3 N–H and O–H groups in total. The van der Waals surface area contributed by atoms with Gasteiger partial charge in [-0.25, -0.2) is 0 Å². The summed E-state index contributed by atoms with van der Waals surface area (Å²) in [6.45, 7) is 3.89. The van der Waals surface area contributed by atoms with Gasteiger partial charge in [0.05, 0.1) is 0 Å². The number of halogens is 1. The van der Waals surface area contributed by atoms with Crippen molar-refractivity contribution >= 4 is 18.3 Å². The molecule has 0 aromatic rings. The third-order valence-corrected chi connectivity index (χ3v) is 5.03. The molecule has 1 aliphatic heterocycles. The topological polar surface area (TPSA) is 58.4 Å². The Labute approximate surface area is 135 Å². The van der Waals surface area contributed by atoms with E-state index in [1.807, 2.05) is 0 Å². The Morgan fingerprint density at radius 1 is 1.05 bits per heavy atom. The van der Waals surface area contributed by atoms with Gasteiger partial charge in [-0.05, 0) is 51.7 Å². The lowest BCUT2D eigenvalue weighted by Crippen LogP contribution is -2.58. The van der Waals surface area contributed by atoms with E-state index in [4.69, 9.17) is 5.73 Å². The summed E-state index contributed by atoms with van der Waals surface area (Å²) < 4.78 is 0. The summed E-state index contributed by atoms with van der Waals surface area (Å²) in [6.07, 6.45) is 11.9. The Kier molecular flexibility index (Phi) is 8.60. The number of carbonyl (C=O) groups is 1. The van der Waals surface area contributed by atoms with Crippen LogP contribution in [0.2, 0.25) is 0 Å². The van der Waals surface area contributed by atoms with Gasteiger partial charge in [0.1, 0.15) is 0 Å². The van der Waals surface area contributed by atoms with Gasteiger partial charge in [0, 0.05) is 18.5 Å². The van der Waals surface area contributed by atoms with Crippen molar-refractivity contribution in [2.45, 2.75) is 69.7 Å². The van der Waals surface area contributed by atoms with Crippen LogP contribution in [-0.2, 0) is 4.79 Å². The van der Waals surface area contributed by atoms with E-state index >= 15 is 0 Å². The molecule has 0 aromatic heterocycles. The molecular formula is C16H32ClN3O. The Hall–Kier alpha value is -0.320. The van der Waals surface area contributed by atoms with Crippen molar-refractivity contribution in [3.05, 3.63) is 0 Å². The molecule has 2 aliphatic rings. The summed E-state index contributed by atoms with van der Waals surface area (Å²) in [6, 6.07) is 0. The van der Waals surface area contributed by atoms with Gasteiger partial charge in [0.2, 0.25) is 5.91 Å². The molecule has 1 saturated heterocycles. The molecule has 21 heavy (non-hydrogen) atoms. The van der Waals surface area contributed by atoms with E-state index in [9.17, 15) is 4.79 Å². The second-order valence-corrected chi connectivity index (χ2v) is 6.50. The predicted octanol–water partition coefficient (Wildman–Crippen LogP) is 2.45. The average molecular weight is 318 g/mol. The average Bonchev–Trinajstić information content (AvgIpc) is 2.52. The summed E-state index contributed by atoms with van der Waals surface area (Å²) in [7, 11) is 0. The quantitative estimate of drug-likeness (QED) is 0.791. The van der Waals surface area contributed by atoms with Gasteiger partial charge in [-0.15, -0.1) is 12.4 Å². The second kappa shape index (κ2) is 9.65. The van der Waals surface area contributed by atoms with Crippen LogP contribution in [0.1, 0.15) is 64.2 Å². The largest absolute Gasteiger partial charge is 0.354 e. The van der Waals surface area contributed by atoms with Crippen LogP contribution in [-0.4, -0.2) is 42.5 Å². The maximum atomic E-state index is 11.9. The first-order chi connectivity index (χ1) is 9.77. The number of likely N-dealkylation sites (tertiary alicyclic amines) is 1. The normalized spacial score (nSPS) is 22.3. The lowest BCUT2D eigenvalue weighted by molar-refractivity contribution is -0.122. The lowest BCUT2D eigenvalue weighted by atomic mass is 9.79. The maximum absolute atomic E-state index is 11.9. The summed E-state index contributed by atoms with van der Waals surface area (Å²) >= 11 is 0. The highest BCUT2D eigenvalue weighted by atomic mass is 35.5. The zero-order valence-electron chi connectivity index (χ0n) is 13.2. The molecule has 0 spiro atoms. The van der Waals surface area contributed by atoms with Crippen molar-refractivity contribution in [1.82, 2.24) is 10.2 Å². The van der Waals surface area contributed by atoms with Gasteiger partial charge < -0.3 is 11.1 Å². The molecule has 0 bridgehead atoms. The second-order valence-electron chi connectivity index (χ2n) is 6.50. The first-order valence-corrected chi connectivity index (χ1v) is 8.49. The van der Waals surface area contributed by atoms with Crippen LogP contribution in [0.4, 0.5) is 0 Å². The Balaban J connectivity index is 0.00000220. The number of carbonyl (C=O) groups excluding carboxylic acids is 1. The molecule has 0 aromatic carbocycles. The Morgan fingerprint density at radius 2 is 1.67 bits per heavy atom. The molecule has 2 fully saturated rings. The minimum atomic E-state index is 0. The number of nitrogens with two attached hydrogens (primary N) is 1. The van der Waals surface area contributed by atoms with E-state index in [1.54, 1.807) is 0 Å². The van der Waals surface area contributed by atoms with Crippen LogP contribution in [0.3, 0.4) is 0 Å². The fourth-order valence-electron chi connectivity index (χ4n) is 3.80. The van der Waals surface area contributed by atoms with Gasteiger partial charge >= 0.3 is 0 Å². The van der Waals surface area contributed by atoms with Crippen LogP contribution < -0.4 is 11.1 Å². The summed E-state index contributed by atoms with van der Waals surface area (Å²) in [5, 5.41) is 3.19. The fourth-order valence-corrected chi connectivity index (χ4v) is 3.80. The van der Waals surface area contributed by atoms with Crippen molar-refractivity contribution in [3.63, 3.8) is 0 Å². The van der Waals surface area contributed by atoms with Gasteiger partial charge in [-0.2, -0.15) is 0 Å². The van der Waals surface area contributed by atoms with Gasteiger partial charge in [-0.1, -0.05) is 25.7 Å². The Bertz CT molecular complexity index is 300. The van der Waals surface area contributed by atoms with Crippen molar-refractivity contribution in [3.8, 4) is 0 Å². The molecule has 1 heterocycles. The first kappa shape index (κ1) is 18.7. The van der Waals surface area contributed by atoms with Crippen molar-refractivity contribution < 1.29 is 4.79 Å². The van der Waals surface area contributed by atoms with E-state index in [0.29, 0.717) is 13.0 Å². The monoisotopic (exact) mass is 317 g/mol. The summed E-state index contributed by atoms with van der Waals surface area (Å²) in [4.78, 5) is 14.6. The predicted molar refractivity (Wildman–Crippen MR) is 89.8 cm³/mol. The molecule has 1 saturated carbocycles. The van der Waals surface area contributed by atoms with E-state index in [-0.39, 0.29) is 23.9 Å². The number of amides is 1. The highest BCUT2D eigenvalue weighted by Crippen LogP contribution is 2.35. The number of piperidine rings is 1. The third-order valence-electron chi connectivity index (χ3n) is 5.03. The molecule has 0 radical (unpaired) electrons. The zero-order valence-corrected chi connectivity index (χ0v) is 14.1. The van der Waals surface area contributed by atoms with Gasteiger partial charge in [-0.3, -0.25) is 9.69 Å². The van der Waals surface area contributed by atoms with Crippen molar-refractivity contribution in [2.75, 3.05) is 26.2 Å². The minimum Gasteiger partial charge on any atom is -0.354 e. The molecule has 124 valence electrons. The summed E-state index contributed by atoms with van der Waals surface area (Å²) in [5.41, 5.74) is 5.72. The van der Waals surface area contributed by atoms with E-state index in [1.165, 1.54) is 64.5 Å². The molecule has 0 atom stereocenters. The van der Waals surface area contributed by atoms with E-state index in [0.717, 1.165) is 13.0 Å². The molecule has 4 nitrogen and oxygen atoms in total. The van der Waals surface area contributed by atoms with Crippen LogP contribution >= 0.6 is 12.4 Å². The molecule has 2 rings (SSSR count). The van der Waals surface area contributed by atoms with Crippen LogP contribution in [0.5, 0.6) is 0 Å². The molecular weight excluding hydrogens is 286 g/mol. The van der Waals surface area contributed by atoms with Crippen molar-refractivity contribution in [1.29, 1.82) is 0 Å². The van der Waals surface area contributed by atoms with E-state index in [2.05, 4.69) is 10.2 Å². The van der Waals surface area contributed by atoms with Crippen LogP contribution in [0, 0.1) is 0 Å². The van der Waals surface area contributed by atoms with Crippen LogP contribution in [0.15, 0.2) is 0 Å². The number of rotatable bonds is 6. The number of nitrogens with zero attached hydrogens (tertiary/aromatic N) is 1. The lowest BCUT2D eigenvalue weighted by Gasteiger charge is -2.48. The van der Waals surface area contributed by atoms with E-state index < -0.39 is 0 Å². The van der Waals surface area contributed by atoms with Crippen molar-refractivity contribution in [2.24, 2.45) is 5.73 Å².